The van der Waals surface area contributed by atoms with Crippen molar-refractivity contribution in [3.05, 3.63) is 12.2 Å². The second-order valence-electron chi connectivity index (χ2n) is 2.50. The van der Waals surface area contributed by atoms with Crippen LogP contribution < -0.4 is 0 Å². The molecule has 0 amide bonds. The Balaban J connectivity index is 3.51. The van der Waals surface area contributed by atoms with Gasteiger partial charge in [-0.3, -0.25) is 4.90 Å². The lowest BCUT2D eigenvalue weighted by molar-refractivity contribution is 0.104. The maximum Gasteiger partial charge on any atom is 0.251 e. The molecule has 11 heavy (non-hydrogen) atoms. The van der Waals surface area contributed by atoms with Crippen LogP contribution in [-0.4, -0.2) is 37.2 Å². The number of nitrogens with zero attached hydrogens (tertiary/aromatic N) is 1. The van der Waals surface area contributed by atoms with Crippen molar-refractivity contribution in [1.82, 2.24) is 4.90 Å². The molecule has 0 heterocycles. The molecular weight excluding hydrogens is 168 g/mol. The number of alkyl halides is 2. The van der Waals surface area contributed by atoms with Crippen LogP contribution in [-0.2, 0) is 0 Å². The Kier molecular flexibility index (Phi) is 5.50. The lowest BCUT2D eigenvalue weighted by Crippen LogP contribution is -2.26. The SMILES string of the molecule is C=C(CS)CN(C)CC(F)F. The van der Waals surface area contributed by atoms with Crippen molar-refractivity contribution in [3.8, 4) is 0 Å². The zero-order valence-corrected chi connectivity index (χ0v) is 7.45. The van der Waals surface area contributed by atoms with Gasteiger partial charge in [0, 0.05) is 12.3 Å². The van der Waals surface area contributed by atoms with Crippen LogP contribution in [0, 0.1) is 0 Å². The molecule has 0 radical (unpaired) electrons. The minimum Gasteiger partial charge on any atom is -0.297 e. The van der Waals surface area contributed by atoms with Crippen LogP contribution in [0.15, 0.2) is 12.2 Å². The summed E-state index contributed by atoms with van der Waals surface area (Å²) < 4.78 is 23.5. The van der Waals surface area contributed by atoms with Crippen LogP contribution in [0.1, 0.15) is 0 Å². The Hall–Kier alpha value is -0.0900. The van der Waals surface area contributed by atoms with Crippen LogP contribution in [0.2, 0.25) is 0 Å². The zero-order chi connectivity index (χ0) is 8.85. The molecular formula is C7H13F2NS. The summed E-state index contributed by atoms with van der Waals surface area (Å²) in [5.74, 6) is 0.549. The molecule has 0 rings (SSSR count). The summed E-state index contributed by atoms with van der Waals surface area (Å²) in [5, 5.41) is 0. The first-order chi connectivity index (χ1) is 5.06. The number of hydrogen-bond acceptors (Lipinski definition) is 2. The predicted octanol–water partition coefficient (Wildman–Crippen LogP) is 1.67. The largest absolute Gasteiger partial charge is 0.297 e. The molecule has 0 aliphatic rings. The molecule has 0 saturated carbocycles. The summed E-state index contributed by atoms with van der Waals surface area (Å²) in [4.78, 5) is 1.53. The number of likely N-dealkylation sites (N-methyl/N-ethyl adjacent to an activating group) is 1. The summed E-state index contributed by atoms with van der Waals surface area (Å²) in [6.07, 6.45) is -2.27. The van der Waals surface area contributed by atoms with Gasteiger partial charge in [0.2, 0.25) is 0 Å². The Morgan fingerprint density at radius 3 is 2.55 bits per heavy atom. The van der Waals surface area contributed by atoms with Crippen molar-refractivity contribution in [2.75, 3.05) is 25.9 Å². The van der Waals surface area contributed by atoms with Crippen molar-refractivity contribution in [2.45, 2.75) is 6.43 Å². The first-order valence-corrected chi connectivity index (χ1v) is 3.93. The number of halogens is 2. The van der Waals surface area contributed by atoms with Gasteiger partial charge in [-0.15, -0.1) is 0 Å². The number of rotatable bonds is 5. The van der Waals surface area contributed by atoms with E-state index in [0.29, 0.717) is 12.3 Å². The maximum absolute atomic E-state index is 11.7. The van der Waals surface area contributed by atoms with E-state index in [-0.39, 0.29) is 6.54 Å². The summed E-state index contributed by atoms with van der Waals surface area (Å²) >= 11 is 3.97. The van der Waals surface area contributed by atoms with Crippen LogP contribution in [0.25, 0.3) is 0 Å². The van der Waals surface area contributed by atoms with Crippen molar-refractivity contribution >= 4 is 12.6 Å². The Bertz CT molecular complexity index is 128. The highest BCUT2D eigenvalue weighted by atomic mass is 32.1. The molecule has 0 unspecified atom stereocenters. The van der Waals surface area contributed by atoms with E-state index in [4.69, 9.17) is 0 Å². The second kappa shape index (κ2) is 5.55. The van der Waals surface area contributed by atoms with E-state index in [1.807, 2.05) is 0 Å². The lowest BCUT2D eigenvalue weighted by Gasteiger charge is -2.16. The third kappa shape index (κ3) is 6.31. The topological polar surface area (TPSA) is 3.24 Å². The van der Waals surface area contributed by atoms with Gasteiger partial charge < -0.3 is 0 Å². The number of thiol groups is 1. The molecule has 0 atom stereocenters. The van der Waals surface area contributed by atoms with Gasteiger partial charge in [0.25, 0.3) is 6.43 Å². The van der Waals surface area contributed by atoms with E-state index in [1.54, 1.807) is 7.05 Å². The van der Waals surface area contributed by atoms with Gasteiger partial charge in [-0.2, -0.15) is 12.6 Å². The molecule has 0 aliphatic heterocycles. The third-order valence-corrected chi connectivity index (χ3v) is 1.61. The van der Waals surface area contributed by atoms with Crippen molar-refractivity contribution in [2.24, 2.45) is 0 Å². The standard InChI is InChI=1S/C7H13F2NS/c1-6(5-11)3-10(2)4-7(8)9/h7,11H,1,3-5H2,2H3. The van der Waals surface area contributed by atoms with Crippen molar-refractivity contribution in [3.63, 3.8) is 0 Å². The fourth-order valence-corrected chi connectivity index (χ4v) is 0.832. The molecule has 0 bridgehead atoms. The quantitative estimate of drug-likeness (QED) is 0.499. The van der Waals surface area contributed by atoms with Gasteiger partial charge in [-0.1, -0.05) is 12.2 Å². The molecule has 0 saturated heterocycles. The van der Waals surface area contributed by atoms with Gasteiger partial charge in [0.15, 0.2) is 0 Å². The van der Waals surface area contributed by atoms with Crippen molar-refractivity contribution < 1.29 is 8.78 Å². The van der Waals surface area contributed by atoms with E-state index in [0.717, 1.165) is 5.57 Å². The minimum absolute atomic E-state index is 0.202. The summed E-state index contributed by atoms with van der Waals surface area (Å²) in [7, 11) is 1.64. The number of hydrogen-bond donors (Lipinski definition) is 1. The molecule has 0 aromatic rings. The second-order valence-corrected chi connectivity index (χ2v) is 2.81. The van der Waals surface area contributed by atoms with Crippen LogP contribution >= 0.6 is 12.6 Å². The van der Waals surface area contributed by atoms with E-state index < -0.39 is 6.43 Å². The molecule has 0 aromatic heterocycles. The fourth-order valence-electron chi connectivity index (χ4n) is 0.732. The lowest BCUT2D eigenvalue weighted by atomic mass is 10.3. The molecule has 0 spiro atoms. The molecule has 66 valence electrons. The summed E-state index contributed by atoms with van der Waals surface area (Å²) in [6, 6.07) is 0. The maximum atomic E-state index is 11.7. The van der Waals surface area contributed by atoms with Gasteiger partial charge in [0.1, 0.15) is 0 Å². The Labute approximate surface area is 71.5 Å². The minimum atomic E-state index is -2.27. The van der Waals surface area contributed by atoms with Crippen molar-refractivity contribution in [1.29, 1.82) is 0 Å². The molecule has 0 aromatic carbocycles. The predicted molar refractivity (Wildman–Crippen MR) is 46.5 cm³/mol. The van der Waals surface area contributed by atoms with Gasteiger partial charge >= 0.3 is 0 Å². The highest BCUT2D eigenvalue weighted by Gasteiger charge is 2.07. The molecule has 4 heteroatoms. The average Bonchev–Trinajstić information content (AvgIpc) is 1.85. The smallest absolute Gasteiger partial charge is 0.251 e. The Morgan fingerprint density at radius 1 is 1.64 bits per heavy atom. The van der Waals surface area contributed by atoms with E-state index >= 15 is 0 Å². The van der Waals surface area contributed by atoms with E-state index in [1.165, 1.54) is 4.90 Å². The van der Waals surface area contributed by atoms with Gasteiger partial charge in [-0.05, 0) is 7.05 Å². The summed E-state index contributed by atoms with van der Waals surface area (Å²) in [5.41, 5.74) is 0.858. The monoisotopic (exact) mass is 181 g/mol. The van der Waals surface area contributed by atoms with Crippen LogP contribution in [0.3, 0.4) is 0 Å². The normalized spacial score (nSPS) is 11.1. The molecule has 0 N–H and O–H groups in total. The first-order valence-electron chi connectivity index (χ1n) is 3.30. The highest BCUT2D eigenvalue weighted by molar-refractivity contribution is 7.80. The third-order valence-electron chi connectivity index (χ3n) is 1.17. The molecule has 1 nitrogen and oxygen atoms in total. The van der Waals surface area contributed by atoms with Gasteiger partial charge in [0.05, 0.1) is 6.54 Å². The molecule has 0 fully saturated rings. The summed E-state index contributed by atoms with van der Waals surface area (Å²) in [6.45, 7) is 3.95. The Morgan fingerprint density at radius 2 is 2.18 bits per heavy atom. The highest BCUT2D eigenvalue weighted by Crippen LogP contribution is 2.00. The average molecular weight is 181 g/mol. The zero-order valence-electron chi connectivity index (χ0n) is 6.56. The van der Waals surface area contributed by atoms with E-state index in [2.05, 4.69) is 19.2 Å². The first kappa shape index (κ1) is 10.9. The van der Waals surface area contributed by atoms with Gasteiger partial charge in [-0.25, -0.2) is 8.78 Å². The fraction of sp³-hybridized carbons (Fsp3) is 0.714. The van der Waals surface area contributed by atoms with Crippen LogP contribution in [0.4, 0.5) is 8.78 Å². The van der Waals surface area contributed by atoms with Crippen LogP contribution in [0.5, 0.6) is 0 Å². The van der Waals surface area contributed by atoms with E-state index in [9.17, 15) is 8.78 Å². The molecule has 0 aliphatic carbocycles.